The van der Waals surface area contributed by atoms with E-state index in [1.54, 1.807) is 16.8 Å². The summed E-state index contributed by atoms with van der Waals surface area (Å²) in [4.78, 5) is 13.4. The number of hydrogen-bond donors (Lipinski definition) is 1. The summed E-state index contributed by atoms with van der Waals surface area (Å²) in [7, 11) is 0. The molecule has 0 radical (unpaired) electrons. The summed E-state index contributed by atoms with van der Waals surface area (Å²) in [6.45, 7) is 6.32. The molecular weight excluding hydrogens is 376 g/mol. The lowest BCUT2D eigenvalue weighted by Crippen LogP contribution is -2.15. The maximum absolute atomic E-state index is 12.0. The Kier molecular flexibility index (Phi) is 5.82. The van der Waals surface area contributed by atoms with E-state index < -0.39 is 0 Å². The molecule has 25 heavy (non-hydrogen) atoms. The largest absolute Gasteiger partial charge is 0.300 e. The van der Waals surface area contributed by atoms with Gasteiger partial charge in [-0.2, -0.15) is 0 Å². The molecule has 0 unspecified atom stereocenters. The third-order valence-electron chi connectivity index (χ3n) is 3.38. The number of anilines is 1. The van der Waals surface area contributed by atoms with E-state index >= 15 is 0 Å². The van der Waals surface area contributed by atoms with E-state index in [0.717, 1.165) is 23.0 Å². The van der Waals surface area contributed by atoms with Crippen LogP contribution in [0.25, 0.3) is 11.4 Å². The number of aryl methyl sites for hydroxylation is 1. The van der Waals surface area contributed by atoms with Crippen molar-refractivity contribution in [3.05, 3.63) is 21.8 Å². The van der Waals surface area contributed by atoms with Crippen LogP contribution < -0.4 is 5.32 Å². The lowest BCUT2D eigenvalue weighted by atomic mass is 10.2. The van der Waals surface area contributed by atoms with Crippen LogP contribution in [0.5, 0.6) is 0 Å². The van der Waals surface area contributed by atoms with Crippen molar-refractivity contribution in [1.29, 1.82) is 0 Å². The molecule has 0 aliphatic heterocycles. The number of nitrogens with one attached hydrogen (secondary N) is 1. The second kappa shape index (κ2) is 8.07. The topological polar surface area (TPSA) is 85.6 Å². The smallest absolute Gasteiger partial charge is 0.236 e. The second-order valence-electron chi connectivity index (χ2n) is 5.51. The van der Waals surface area contributed by atoms with Gasteiger partial charge in [0.25, 0.3) is 0 Å². The molecule has 0 aliphatic carbocycles. The van der Waals surface area contributed by atoms with Gasteiger partial charge in [0, 0.05) is 21.9 Å². The fraction of sp³-hybridized carbons (Fsp3) is 0.400. The van der Waals surface area contributed by atoms with Crippen molar-refractivity contribution in [3.8, 4) is 11.4 Å². The molecule has 0 saturated carbocycles. The van der Waals surface area contributed by atoms with E-state index in [1.165, 1.54) is 28.0 Å². The molecule has 3 aromatic rings. The molecule has 1 amide bonds. The number of nitrogens with zero attached hydrogens (tertiary/aromatic N) is 5. The number of amides is 1. The van der Waals surface area contributed by atoms with Crippen molar-refractivity contribution in [2.45, 2.75) is 38.4 Å². The summed E-state index contributed by atoms with van der Waals surface area (Å²) in [6, 6.07) is 2.35. The van der Waals surface area contributed by atoms with Crippen molar-refractivity contribution >= 4 is 45.5 Å². The highest BCUT2D eigenvalue weighted by atomic mass is 32.2. The number of thiophene rings is 1. The van der Waals surface area contributed by atoms with Crippen LogP contribution in [0.2, 0.25) is 0 Å². The van der Waals surface area contributed by atoms with Crippen LogP contribution in [0.1, 0.15) is 31.7 Å². The molecule has 3 rings (SSSR count). The summed E-state index contributed by atoms with van der Waals surface area (Å²) < 4.78 is 2.07. The monoisotopic (exact) mass is 394 g/mol. The molecule has 0 bridgehead atoms. The first-order valence-electron chi connectivity index (χ1n) is 7.80. The average Bonchev–Trinajstić information content (AvgIpc) is 3.32. The van der Waals surface area contributed by atoms with Gasteiger partial charge >= 0.3 is 0 Å². The molecule has 0 saturated heterocycles. The molecule has 3 aromatic heterocycles. The minimum Gasteiger partial charge on any atom is -0.300 e. The van der Waals surface area contributed by atoms with Gasteiger partial charge in [-0.3, -0.25) is 14.7 Å². The van der Waals surface area contributed by atoms with Gasteiger partial charge in [0.2, 0.25) is 11.0 Å². The van der Waals surface area contributed by atoms with Gasteiger partial charge < -0.3 is 0 Å². The summed E-state index contributed by atoms with van der Waals surface area (Å²) in [6.07, 6.45) is 1.01. The van der Waals surface area contributed by atoms with Gasteiger partial charge in [-0.25, -0.2) is 0 Å². The standard InChI is InChI=1S/C15H18N6OS3/c1-4-11-5-10(6-23-11)13-18-20-15(21(13)9(2)3)24-7-12(22)17-14-19-16-8-25-14/h5-6,8-9H,4,7H2,1-3H3,(H,17,19,22). The molecule has 0 aliphatic rings. The minimum absolute atomic E-state index is 0.134. The maximum atomic E-state index is 12.0. The Balaban J connectivity index is 1.74. The molecule has 7 nitrogen and oxygen atoms in total. The normalized spacial score (nSPS) is 11.2. The predicted molar refractivity (Wildman–Crippen MR) is 102 cm³/mol. The van der Waals surface area contributed by atoms with Gasteiger partial charge in [-0.15, -0.1) is 31.7 Å². The number of carbonyl (C=O) groups excluding carboxylic acids is 1. The lowest BCUT2D eigenvalue weighted by Gasteiger charge is -2.12. The Bertz CT molecular complexity index is 839. The van der Waals surface area contributed by atoms with Crippen molar-refractivity contribution in [3.63, 3.8) is 0 Å². The predicted octanol–water partition coefficient (Wildman–Crippen LogP) is 3.73. The average molecular weight is 395 g/mol. The second-order valence-corrected chi connectivity index (χ2v) is 8.28. The third-order valence-corrected chi connectivity index (χ3v) is 6.01. The highest BCUT2D eigenvalue weighted by Crippen LogP contribution is 2.30. The SMILES string of the molecule is CCc1cc(-c2nnc(SCC(=O)Nc3nncs3)n2C(C)C)cs1. The van der Waals surface area contributed by atoms with Gasteiger partial charge in [0.15, 0.2) is 11.0 Å². The minimum atomic E-state index is -0.134. The highest BCUT2D eigenvalue weighted by Gasteiger charge is 2.19. The van der Waals surface area contributed by atoms with Crippen molar-refractivity contribution < 1.29 is 4.79 Å². The molecule has 0 spiro atoms. The van der Waals surface area contributed by atoms with Crippen LogP contribution in [0.15, 0.2) is 22.1 Å². The maximum Gasteiger partial charge on any atom is 0.236 e. The molecule has 10 heteroatoms. The Morgan fingerprint density at radius 3 is 2.80 bits per heavy atom. The number of aromatic nitrogens is 5. The van der Waals surface area contributed by atoms with Gasteiger partial charge in [-0.05, 0) is 26.3 Å². The molecule has 0 aromatic carbocycles. The summed E-state index contributed by atoms with van der Waals surface area (Å²) in [5.74, 6) is 0.956. The van der Waals surface area contributed by atoms with Crippen LogP contribution in [0, 0.1) is 0 Å². The first-order chi connectivity index (χ1) is 12.1. The van der Waals surface area contributed by atoms with E-state index in [2.05, 4.69) is 62.5 Å². The number of rotatable bonds is 7. The molecule has 0 atom stereocenters. The Morgan fingerprint density at radius 2 is 2.16 bits per heavy atom. The van der Waals surface area contributed by atoms with Crippen molar-refractivity contribution in [2.75, 3.05) is 11.1 Å². The molecule has 0 fully saturated rings. The van der Waals surface area contributed by atoms with Crippen molar-refractivity contribution in [1.82, 2.24) is 25.0 Å². The van der Waals surface area contributed by atoms with Crippen LogP contribution in [0.4, 0.5) is 5.13 Å². The van der Waals surface area contributed by atoms with Crippen molar-refractivity contribution in [2.24, 2.45) is 0 Å². The van der Waals surface area contributed by atoms with E-state index in [-0.39, 0.29) is 17.7 Å². The van der Waals surface area contributed by atoms with Crippen LogP contribution in [0.3, 0.4) is 0 Å². The zero-order valence-electron chi connectivity index (χ0n) is 14.1. The fourth-order valence-electron chi connectivity index (χ4n) is 2.23. The number of hydrogen-bond acceptors (Lipinski definition) is 8. The first kappa shape index (κ1) is 18.0. The Labute approximate surface area is 157 Å². The highest BCUT2D eigenvalue weighted by molar-refractivity contribution is 7.99. The quantitative estimate of drug-likeness (QED) is 0.615. The van der Waals surface area contributed by atoms with Gasteiger partial charge in [0.1, 0.15) is 5.51 Å². The Morgan fingerprint density at radius 1 is 1.32 bits per heavy atom. The van der Waals surface area contributed by atoms with E-state index in [1.807, 2.05) is 0 Å². The molecule has 132 valence electrons. The van der Waals surface area contributed by atoms with E-state index in [9.17, 15) is 4.79 Å². The first-order valence-corrected chi connectivity index (χ1v) is 10.5. The van der Waals surface area contributed by atoms with E-state index in [4.69, 9.17) is 0 Å². The zero-order chi connectivity index (χ0) is 17.8. The summed E-state index contributed by atoms with van der Waals surface area (Å²) in [5.41, 5.74) is 2.66. The van der Waals surface area contributed by atoms with Gasteiger partial charge in [-0.1, -0.05) is 30.0 Å². The third kappa shape index (κ3) is 4.25. The fourth-order valence-corrected chi connectivity index (χ4v) is 4.38. The van der Waals surface area contributed by atoms with Crippen LogP contribution >= 0.6 is 34.4 Å². The van der Waals surface area contributed by atoms with Crippen LogP contribution in [-0.4, -0.2) is 36.6 Å². The van der Waals surface area contributed by atoms with Gasteiger partial charge in [0.05, 0.1) is 5.75 Å². The lowest BCUT2D eigenvalue weighted by molar-refractivity contribution is -0.113. The number of carbonyl (C=O) groups is 1. The zero-order valence-corrected chi connectivity index (χ0v) is 16.5. The molecule has 1 N–H and O–H groups in total. The Hall–Kier alpha value is -1.78. The summed E-state index contributed by atoms with van der Waals surface area (Å²) >= 11 is 4.39. The molecular formula is C15H18N6OS3. The molecule has 3 heterocycles. The summed E-state index contributed by atoms with van der Waals surface area (Å²) in [5, 5.41) is 22.2. The van der Waals surface area contributed by atoms with E-state index in [0.29, 0.717) is 5.13 Å². The van der Waals surface area contributed by atoms with Crippen LogP contribution in [-0.2, 0) is 11.2 Å². The number of thioether (sulfide) groups is 1.